The average molecular weight is 514 g/mol. The fourth-order valence-corrected chi connectivity index (χ4v) is 4.53. The molecule has 0 unspecified atom stereocenters. The maximum absolute atomic E-state index is 13.0. The summed E-state index contributed by atoms with van der Waals surface area (Å²) >= 11 is 0. The molecule has 0 aliphatic rings. The number of carbonyl (C=O) groups is 1. The minimum absolute atomic E-state index is 0.163. The van der Waals surface area contributed by atoms with Crippen LogP contribution in [0.1, 0.15) is 16.7 Å². The molecule has 0 aliphatic carbocycles. The molecule has 0 spiro atoms. The molecule has 0 bridgehead atoms. The van der Waals surface area contributed by atoms with Gasteiger partial charge in [-0.3, -0.25) is 14.9 Å². The van der Waals surface area contributed by atoms with Crippen LogP contribution in [0.3, 0.4) is 0 Å². The van der Waals surface area contributed by atoms with Crippen molar-refractivity contribution in [3.8, 4) is 11.8 Å². The SMILES string of the molecule is Cc1ccc2ccccc2c1COc1ccc2ccccc2c1/C=C(\C#N)C(=O)Nc1cccc([N+](=O)[O-])c1. The van der Waals surface area contributed by atoms with Gasteiger partial charge in [0.05, 0.1) is 4.92 Å². The molecule has 5 aromatic rings. The van der Waals surface area contributed by atoms with Gasteiger partial charge in [-0.15, -0.1) is 0 Å². The number of anilines is 1. The number of carbonyl (C=O) groups excluding carboxylic acids is 1. The van der Waals surface area contributed by atoms with Crippen molar-refractivity contribution >= 4 is 44.9 Å². The maximum Gasteiger partial charge on any atom is 0.271 e. The van der Waals surface area contributed by atoms with Gasteiger partial charge in [0, 0.05) is 28.9 Å². The maximum atomic E-state index is 13.0. The van der Waals surface area contributed by atoms with E-state index in [-0.39, 0.29) is 16.9 Å². The molecule has 0 radical (unpaired) electrons. The van der Waals surface area contributed by atoms with Crippen LogP contribution in [0, 0.1) is 28.4 Å². The van der Waals surface area contributed by atoms with E-state index < -0.39 is 10.8 Å². The Balaban J connectivity index is 1.52. The van der Waals surface area contributed by atoms with Crippen LogP contribution in [0.2, 0.25) is 0 Å². The van der Waals surface area contributed by atoms with E-state index in [2.05, 4.69) is 29.6 Å². The zero-order chi connectivity index (χ0) is 27.4. The number of nitrogens with zero attached hydrogens (tertiary/aromatic N) is 2. The van der Waals surface area contributed by atoms with Crippen LogP contribution in [0.4, 0.5) is 11.4 Å². The molecule has 0 aliphatic heterocycles. The first-order valence-corrected chi connectivity index (χ1v) is 12.2. The molecule has 0 heterocycles. The Morgan fingerprint density at radius 3 is 2.38 bits per heavy atom. The van der Waals surface area contributed by atoms with Gasteiger partial charge in [0.25, 0.3) is 11.6 Å². The van der Waals surface area contributed by atoms with E-state index in [1.165, 1.54) is 30.3 Å². The van der Waals surface area contributed by atoms with Gasteiger partial charge in [-0.2, -0.15) is 5.26 Å². The second-order valence-electron chi connectivity index (χ2n) is 9.00. The van der Waals surface area contributed by atoms with Crippen molar-refractivity contribution in [1.82, 2.24) is 0 Å². The number of aryl methyl sites for hydroxylation is 1. The number of rotatable bonds is 7. The van der Waals surface area contributed by atoms with Gasteiger partial charge in [0.1, 0.15) is 24.0 Å². The highest BCUT2D eigenvalue weighted by molar-refractivity contribution is 6.11. The normalized spacial score (nSPS) is 11.2. The van der Waals surface area contributed by atoms with E-state index in [1.54, 1.807) is 0 Å². The Labute approximate surface area is 224 Å². The number of amides is 1. The Hall–Kier alpha value is -5.48. The van der Waals surface area contributed by atoms with Crippen molar-refractivity contribution in [2.45, 2.75) is 13.5 Å². The van der Waals surface area contributed by atoms with E-state index in [0.717, 1.165) is 32.7 Å². The van der Waals surface area contributed by atoms with Crippen molar-refractivity contribution in [3.05, 3.63) is 129 Å². The molecule has 0 saturated carbocycles. The lowest BCUT2D eigenvalue weighted by Gasteiger charge is -2.15. The summed E-state index contributed by atoms with van der Waals surface area (Å²) in [5.41, 5.74) is 2.64. The lowest BCUT2D eigenvalue weighted by molar-refractivity contribution is -0.384. The predicted molar refractivity (Wildman–Crippen MR) is 152 cm³/mol. The molecule has 7 heteroatoms. The van der Waals surface area contributed by atoms with Crippen molar-refractivity contribution in [2.75, 3.05) is 5.32 Å². The first kappa shape index (κ1) is 25.2. The van der Waals surface area contributed by atoms with Crippen molar-refractivity contribution < 1.29 is 14.5 Å². The summed E-state index contributed by atoms with van der Waals surface area (Å²) in [5, 5.41) is 27.5. The van der Waals surface area contributed by atoms with Crippen LogP contribution in [-0.2, 0) is 11.4 Å². The Morgan fingerprint density at radius 2 is 1.64 bits per heavy atom. The summed E-state index contributed by atoms with van der Waals surface area (Å²) in [6.07, 6.45) is 1.50. The molecule has 0 atom stereocenters. The van der Waals surface area contributed by atoms with Crippen LogP contribution < -0.4 is 10.1 Å². The highest BCUT2D eigenvalue weighted by atomic mass is 16.6. The van der Waals surface area contributed by atoms with E-state index in [1.807, 2.05) is 61.5 Å². The van der Waals surface area contributed by atoms with Crippen LogP contribution in [0.5, 0.6) is 5.75 Å². The zero-order valence-corrected chi connectivity index (χ0v) is 21.0. The van der Waals surface area contributed by atoms with Gasteiger partial charge in [-0.1, -0.05) is 72.8 Å². The highest BCUT2D eigenvalue weighted by Gasteiger charge is 2.16. The lowest BCUT2D eigenvalue weighted by Crippen LogP contribution is -2.13. The third-order valence-electron chi connectivity index (χ3n) is 6.55. The third-order valence-corrected chi connectivity index (χ3v) is 6.55. The fourth-order valence-electron chi connectivity index (χ4n) is 4.53. The number of hydrogen-bond acceptors (Lipinski definition) is 5. The predicted octanol–water partition coefficient (Wildman–Crippen LogP) is 7.33. The molecular formula is C32H23N3O4. The van der Waals surface area contributed by atoms with Crippen LogP contribution in [0.25, 0.3) is 27.6 Å². The van der Waals surface area contributed by atoms with Gasteiger partial charge < -0.3 is 10.1 Å². The standard InChI is InChI=1S/C32H23N3O4/c1-21-13-14-22-7-3-5-12-28(22)30(21)20-39-31-16-15-23-8-2-4-11-27(23)29(31)17-24(19-33)32(36)34-25-9-6-10-26(18-25)35(37)38/h2-18H,20H2,1H3,(H,34,36)/b24-17+. The van der Waals surface area contributed by atoms with Gasteiger partial charge in [0.2, 0.25) is 0 Å². The lowest BCUT2D eigenvalue weighted by atomic mass is 9.99. The number of nitrogens with one attached hydrogen (secondary N) is 1. The smallest absolute Gasteiger partial charge is 0.271 e. The summed E-state index contributed by atoms with van der Waals surface area (Å²) in [6.45, 7) is 2.34. The number of non-ortho nitro benzene ring substituents is 1. The molecule has 39 heavy (non-hydrogen) atoms. The summed E-state index contributed by atoms with van der Waals surface area (Å²) < 4.78 is 6.35. The number of fused-ring (bicyclic) bond motifs is 2. The Bertz CT molecular complexity index is 1820. The van der Waals surface area contributed by atoms with Crippen LogP contribution in [-0.4, -0.2) is 10.8 Å². The average Bonchev–Trinajstić information content (AvgIpc) is 2.95. The highest BCUT2D eigenvalue weighted by Crippen LogP contribution is 2.32. The summed E-state index contributed by atoms with van der Waals surface area (Å²) in [4.78, 5) is 23.6. The summed E-state index contributed by atoms with van der Waals surface area (Å²) in [7, 11) is 0. The number of benzene rings is 5. The summed E-state index contributed by atoms with van der Waals surface area (Å²) in [6, 6.07) is 31.2. The van der Waals surface area contributed by atoms with E-state index in [4.69, 9.17) is 4.74 Å². The van der Waals surface area contributed by atoms with Gasteiger partial charge in [-0.25, -0.2) is 0 Å². The number of nitro groups is 1. The fraction of sp³-hybridized carbons (Fsp3) is 0.0625. The first-order valence-electron chi connectivity index (χ1n) is 12.2. The monoisotopic (exact) mass is 513 g/mol. The van der Waals surface area contributed by atoms with Crippen LogP contribution >= 0.6 is 0 Å². The van der Waals surface area contributed by atoms with E-state index >= 15 is 0 Å². The third kappa shape index (κ3) is 5.31. The largest absolute Gasteiger partial charge is 0.488 e. The first-order chi connectivity index (χ1) is 18.9. The second kappa shape index (κ2) is 10.9. The van der Waals surface area contributed by atoms with Crippen molar-refractivity contribution in [2.24, 2.45) is 0 Å². The molecule has 0 aromatic heterocycles. The molecule has 5 aromatic carbocycles. The van der Waals surface area contributed by atoms with E-state index in [9.17, 15) is 20.2 Å². The zero-order valence-electron chi connectivity index (χ0n) is 21.0. The molecule has 1 amide bonds. The minimum Gasteiger partial charge on any atom is -0.488 e. The molecule has 5 rings (SSSR count). The van der Waals surface area contributed by atoms with Gasteiger partial charge >= 0.3 is 0 Å². The van der Waals surface area contributed by atoms with Crippen molar-refractivity contribution in [3.63, 3.8) is 0 Å². The number of nitriles is 1. The molecule has 1 N–H and O–H groups in total. The Kier molecular flexibility index (Phi) is 7.02. The summed E-state index contributed by atoms with van der Waals surface area (Å²) in [5.74, 6) is -0.154. The second-order valence-corrected chi connectivity index (χ2v) is 9.00. The number of hydrogen-bond donors (Lipinski definition) is 1. The Morgan fingerprint density at radius 1 is 0.949 bits per heavy atom. The van der Waals surface area contributed by atoms with Crippen LogP contribution in [0.15, 0.2) is 103 Å². The number of nitro benzene ring substituents is 1. The van der Waals surface area contributed by atoms with E-state index in [0.29, 0.717) is 17.9 Å². The van der Waals surface area contributed by atoms with Gasteiger partial charge in [0.15, 0.2) is 0 Å². The van der Waals surface area contributed by atoms with Gasteiger partial charge in [-0.05, 0) is 52.2 Å². The van der Waals surface area contributed by atoms with Crippen molar-refractivity contribution in [1.29, 1.82) is 5.26 Å². The minimum atomic E-state index is -0.679. The molecule has 0 saturated heterocycles. The molecular weight excluding hydrogens is 490 g/mol. The quantitative estimate of drug-likeness (QED) is 0.106. The topological polar surface area (TPSA) is 105 Å². The molecule has 7 nitrogen and oxygen atoms in total. The molecule has 0 fully saturated rings. The number of ether oxygens (including phenoxy) is 1. The molecule has 190 valence electrons.